The third kappa shape index (κ3) is 3.18. The molecule has 2 N–H and O–H groups in total. The molecule has 1 aliphatic heterocycles. The van der Waals surface area contributed by atoms with E-state index in [2.05, 4.69) is 25.6 Å². The van der Waals surface area contributed by atoms with Crippen molar-refractivity contribution in [2.75, 3.05) is 43.7 Å². The molecule has 1 unspecified atom stereocenters. The van der Waals surface area contributed by atoms with Gasteiger partial charge in [-0.2, -0.15) is 15.0 Å². The molecule has 1 atom stereocenters. The number of likely N-dealkylation sites (N-methyl/N-ethyl adjacent to an activating group) is 1. The Morgan fingerprint density at radius 1 is 1.19 bits per heavy atom. The quantitative estimate of drug-likeness (QED) is 0.719. The largest absolute Gasteiger partial charge is 0.357 e. The summed E-state index contributed by atoms with van der Waals surface area (Å²) < 4.78 is 0. The van der Waals surface area contributed by atoms with Crippen LogP contribution in [-0.2, 0) is 9.59 Å². The van der Waals surface area contributed by atoms with E-state index < -0.39 is 6.04 Å². The first-order chi connectivity index (χ1) is 9.92. The molecular weight excluding hydrogens is 274 g/mol. The topological polar surface area (TPSA) is 103 Å². The van der Waals surface area contributed by atoms with E-state index in [-0.39, 0.29) is 11.8 Å². The molecule has 1 saturated heterocycles. The predicted molar refractivity (Wildman–Crippen MR) is 78.1 cm³/mol. The SMILES string of the molecule is CNc1nc(NC2CCC(=O)N(C)C2=O)nc(N(C)C)n1. The zero-order valence-corrected chi connectivity index (χ0v) is 12.5. The van der Waals surface area contributed by atoms with Gasteiger partial charge in [-0.1, -0.05) is 0 Å². The summed E-state index contributed by atoms with van der Waals surface area (Å²) in [5, 5.41) is 5.83. The summed E-state index contributed by atoms with van der Waals surface area (Å²) in [6, 6.07) is -0.505. The van der Waals surface area contributed by atoms with Crippen molar-refractivity contribution < 1.29 is 9.59 Å². The molecule has 0 spiro atoms. The summed E-state index contributed by atoms with van der Waals surface area (Å²) in [6.45, 7) is 0. The zero-order chi connectivity index (χ0) is 15.6. The highest BCUT2D eigenvalue weighted by atomic mass is 16.2. The van der Waals surface area contributed by atoms with Crippen molar-refractivity contribution in [3.8, 4) is 0 Å². The molecule has 1 aromatic heterocycles. The minimum Gasteiger partial charge on any atom is -0.357 e. The average Bonchev–Trinajstić information content (AvgIpc) is 2.47. The van der Waals surface area contributed by atoms with E-state index in [0.717, 1.165) is 4.90 Å². The number of aromatic nitrogens is 3. The molecule has 0 aliphatic carbocycles. The van der Waals surface area contributed by atoms with Crippen molar-refractivity contribution in [1.29, 1.82) is 0 Å². The predicted octanol–water partition coefficient (Wildman–Crippen LogP) is -0.461. The number of imide groups is 1. The first-order valence-electron chi connectivity index (χ1n) is 6.60. The Balaban J connectivity index is 2.21. The lowest BCUT2D eigenvalue weighted by Crippen LogP contribution is -2.48. The number of hydrogen-bond donors (Lipinski definition) is 2. The van der Waals surface area contributed by atoms with E-state index in [1.165, 1.54) is 7.05 Å². The van der Waals surface area contributed by atoms with Crippen LogP contribution in [0.2, 0.25) is 0 Å². The molecule has 2 amide bonds. The van der Waals surface area contributed by atoms with Gasteiger partial charge in [-0.05, 0) is 6.42 Å². The number of likely N-dealkylation sites (tertiary alicyclic amines) is 1. The minimum atomic E-state index is -0.505. The van der Waals surface area contributed by atoms with Gasteiger partial charge < -0.3 is 15.5 Å². The van der Waals surface area contributed by atoms with Gasteiger partial charge in [0.15, 0.2) is 0 Å². The molecule has 0 saturated carbocycles. The first-order valence-corrected chi connectivity index (χ1v) is 6.60. The maximum atomic E-state index is 12.1. The summed E-state index contributed by atoms with van der Waals surface area (Å²) in [7, 11) is 6.82. The second kappa shape index (κ2) is 5.90. The second-order valence-corrected chi connectivity index (χ2v) is 4.95. The molecule has 2 rings (SSSR count). The van der Waals surface area contributed by atoms with E-state index in [9.17, 15) is 9.59 Å². The Morgan fingerprint density at radius 3 is 2.48 bits per heavy atom. The number of nitrogens with one attached hydrogen (secondary N) is 2. The molecule has 1 aromatic rings. The molecule has 0 radical (unpaired) electrons. The molecule has 114 valence electrons. The van der Waals surface area contributed by atoms with Crippen molar-refractivity contribution >= 4 is 29.7 Å². The van der Waals surface area contributed by atoms with E-state index in [1.807, 2.05) is 14.1 Å². The third-order valence-electron chi connectivity index (χ3n) is 3.20. The molecule has 1 aliphatic rings. The number of carbonyl (C=O) groups excluding carboxylic acids is 2. The maximum Gasteiger partial charge on any atom is 0.251 e. The summed E-state index contributed by atoms with van der Waals surface area (Å²) in [6.07, 6.45) is 0.754. The molecular formula is C12H19N7O2. The van der Waals surface area contributed by atoms with Crippen LogP contribution in [0.5, 0.6) is 0 Å². The summed E-state index contributed by atoms with van der Waals surface area (Å²) in [4.78, 5) is 39.0. The highest BCUT2D eigenvalue weighted by Gasteiger charge is 2.32. The lowest BCUT2D eigenvalue weighted by Gasteiger charge is -2.28. The van der Waals surface area contributed by atoms with Crippen molar-refractivity contribution in [1.82, 2.24) is 19.9 Å². The van der Waals surface area contributed by atoms with Gasteiger partial charge in [-0.25, -0.2) is 0 Å². The van der Waals surface area contributed by atoms with Crippen LogP contribution in [0.3, 0.4) is 0 Å². The monoisotopic (exact) mass is 293 g/mol. The number of amides is 2. The van der Waals surface area contributed by atoms with Crippen LogP contribution in [0.25, 0.3) is 0 Å². The van der Waals surface area contributed by atoms with Gasteiger partial charge in [0.25, 0.3) is 5.91 Å². The van der Waals surface area contributed by atoms with E-state index in [1.54, 1.807) is 11.9 Å². The maximum absolute atomic E-state index is 12.1. The van der Waals surface area contributed by atoms with Gasteiger partial charge in [0, 0.05) is 34.6 Å². The second-order valence-electron chi connectivity index (χ2n) is 4.95. The van der Waals surface area contributed by atoms with Gasteiger partial charge in [-0.15, -0.1) is 0 Å². The molecule has 0 bridgehead atoms. The van der Waals surface area contributed by atoms with E-state index in [0.29, 0.717) is 30.7 Å². The van der Waals surface area contributed by atoms with Gasteiger partial charge in [0.2, 0.25) is 23.8 Å². The Kier molecular flexibility index (Phi) is 4.20. The average molecular weight is 293 g/mol. The number of anilines is 3. The van der Waals surface area contributed by atoms with Gasteiger partial charge in [0.05, 0.1) is 0 Å². The molecule has 9 nitrogen and oxygen atoms in total. The van der Waals surface area contributed by atoms with Gasteiger partial charge in [0.1, 0.15) is 6.04 Å². The lowest BCUT2D eigenvalue weighted by molar-refractivity contribution is -0.146. The normalized spacial score (nSPS) is 18.7. The highest BCUT2D eigenvalue weighted by molar-refractivity contribution is 6.01. The van der Waals surface area contributed by atoms with E-state index >= 15 is 0 Å². The van der Waals surface area contributed by atoms with Crippen molar-refractivity contribution in [3.63, 3.8) is 0 Å². The lowest BCUT2D eigenvalue weighted by atomic mass is 10.1. The van der Waals surface area contributed by atoms with Crippen molar-refractivity contribution in [2.24, 2.45) is 0 Å². The van der Waals surface area contributed by atoms with Crippen LogP contribution in [0.4, 0.5) is 17.8 Å². The van der Waals surface area contributed by atoms with Crippen molar-refractivity contribution in [2.45, 2.75) is 18.9 Å². The molecule has 9 heteroatoms. The van der Waals surface area contributed by atoms with E-state index in [4.69, 9.17) is 0 Å². The highest BCUT2D eigenvalue weighted by Crippen LogP contribution is 2.17. The zero-order valence-electron chi connectivity index (χ0n) is 12.5. The Hall–Kier alpha value is -2.45. The first kappa shape index (κ1) is 14.9. The summed E-state index contributed by atoms with van der Waals surface area (Å²) >= 11 is 0. The number of rotatable bonds is 4. The van der Waals surface area contributed by atoms with Crippen molar-refractivity contribution in [3.05, 3.63) is 0 Å². The molecule has 1 fully saturated rings. The third-order valence-corrected chi connectivity index (χ3v) is 3.20. The van der Waals surface area contributed by atoms with Gasteiger partial charge in [-0.3, -0.25) is 14.5 Å². The minimum absolute atomic E-state index is 0.168. The van der Waals surface area contributed by atoms with Gasteiger partial charge >= 0.3 is 0 Å². The fourth-order valence-corrected chi connectivity index (χ4v) is 1.95. The Morgan fingerprint density at radius 2 is 1.86 bits per heavy atom. The molecule has 2 heterocycles. The van der Waals surface area contributed by atoms with Crippen LogP contribution < -0.4 is 15.5 Å². The van der Waals surface area contributed by atoms with Crippen LogP contribution in [0.1, 0.15) is 12.8 Å². The van der Waals surface area contributed by atoms with Crippen LogP contribution >= 0.6 is 0 Å². The van der Waals surface area contributed by atoms with Crippen LogP contribution in [0, 0.1) is 0 Å². The molecule has 21 heavy (non-hydrogen) atoms. The van der Waals surface area contributed by atoms with Crippen LogP contribution in [-0.4, -0.2) is 65.9 Å². The smallest absolute Gasteiger partial charge is 0.251 e. The number of piperidine rings is 1. The summed E-state index contributed by atoms with van der Waals surface area (Å²) in [5.41, 5.74) is 0. The number of carbonyl (C=O) groups is 2. The Bertz CT molecular complexity index is 561. The van der Waals surface area contributed by atoms with Crippen LogP contribution in [0.15, 0.2) is 0 Å². The number of hydrogen-bond acceptors (Lipinski definition) is 8. The fraction of sp³-hybridized carbons (Fsp3) is 0.583. The Labute approximate surface area is 122 Å². The standard InChI is InChI=1S/C12H19N7O2/c1-13-10-15-11(17-12(16-10)18(2)3)14-7-5-6-8(20)19(4)9(7)21/h7H,5-6H2,1-4H3,(H2,13,14,15,16,17). The summed E-state index contributed by atoms with van der Waals surface area (Å²) in [5.74, 6) is 0.746. The fourth-order valence-electron chi connectivity index (χ4n) is 1.95. The molecule has 0 aromatic carbocycles. The number of nitrogens with zero attached hydrogens (tertiary/aromatic N) is 5.